The minimum atomic E-state index is -4.40. The summed E-state index contributed by atoms with van der Waals surface area (Å²) in [4.78, 5) is 31.2. The van der Waals surface area contributed by atoms with Crippen LogP contribution in [0.2, 0.25) is 0 Å². The maximum atomic E-state index is 12.6. The van der Waals surface area contributed by atoms with Crippen molar-refractivity contribution in [3.63, 3.8) is 0 Å². The average Bonchev–Trinajstić information content (AvgIpc) is 2.61. The fourth-order valence-corrected chi connectivity index (χ4v) is 3.18. The van der Waals surface area contributed by atoms with Crippen LogP contribution in [0, 0.1) is 5.92 Å². The van der Waals surface area contributed by atoms with Crippen molar-refractivity contribution in [1.29, 1.82) is 0 Å². The maximum Gasteiger partial charge on any atom is 0.417 e. The van der Waals surface area contributed by atoms with Gasteiger partial charge >= 0.3 is 6.18 Å². The lowest BCUT2D eigenvalue weighted by molar-refractivity contribution is -0.142. The number of nitrogens with zero attached hydrogens (tertiary/aromatic N) is 3. The number of rotatable bonds is 2. The molecule has 3 heterocycles. The standard InChI is InChI=1S/C16H19F3N4O2/c17-16(18,19)12-1-2-13(21-9-12)22-6-3-11(4-7-22)15(25)23-8-5-20-14(24)10-23/h1-2,9,11H,3-8,10H2,(H,20,24). The number of carbonyl (C=O) groups is 2. The molecule has 2 saturated heterocycles. The predicted molar refractivity (Wildman–Crippen MR) is 83.8 cm³/mol. The molecule has 0 unspecified atom stereocenters. The van der Waals surface area contributed by atoms with E-state index in [-0.39, 0.29) is 24.3 Å². The molecule has 3 rings (SSSR count). The molecule has 2 amide bonds. The van der Waals surface area contributed by atoms with Crippen LogP contribution in [-0.4, -0.2) is 54.4 Å². The van der Waals surface area contributed by atoms with Crippen molar-refractivity contribution in [2.24, 2.45) is 5.92 Å². The van der Waals surface area contributed by atoms with Gasteiger partial charge in [0, 0.05) is 38.3 Å². The van der Waals surface area contributed by atoms with Crippen LogP contribution < -0.4 is 10.2 Å². The molecule has 9 heteroatoms. The second-order valence-electron chi connectivity index (χ2n) is 6.27. The first-order valence-electron chi connectivity index (χ1n) is 8.18. The second kappa shape index (κ2) is 6.89. The molecule has 0 bridgehead atoms. The predicted octanol–water partition coefficient (Wildman–Crippen LogP) is 1.28. The zero-order valence-electron chi connectivity index (χ0n) is 13.6. The minimum absolute atomic E-state index is 0.0186. The van der Waals surface area contributed by atoms with Crippen molar-refractivity contribution < 1.29 is 22.8 Å². The largest absolute Gasteiger partial charge is 0.417 e. The third kappa shape index (κ3) is 4.02. The van der Waals surface area contributed by atoms with Gasteiger partial charge < -0.3 is 15.1 Å². The monoisotopic (exact) mass is 356 g/mol. The normalized spacial score (nSPS) is 19.7. The number of halogens is 3. The van der Waals surface area contributed by atoms with Gasteiger partial charge in [0.05, 0.1) is 12.1 Å². The number of aromatic nitrogens is 1. The summed E-state index contributed by atoms with van der Waals surface area (Å²) in [5.74, 6) is 0.161. The van der Waals surface area contributed by atoms with E-state index < -0.39 is 11.7 Å². The third-order valence-corrected chi connectivity index (χ3v) is 4.59. The Morgan fingerprint density at radius 2 is 1.92 bits per heavy atom. The molecule has 0 radical (unpaired) electrons. The van der Waals surface area contributed by atoms with Gasteiger partial charge in [0.2, 0.25) is 11.8 Å². The Morgan fingerprint density at radius 1 is 1.20 bits per heavy atom. The molecule has 0 spiro atoms. The van der Waals surface area contributed by atoms with Crippen molar-refractivity contribution in [2.75, 3.05) is 37.6 Å². The summed E-state index contributed by atoms with van der Waals surface area (Å²) in [6.07, 6.45) is -2.37. The van der Waals surface area contributed by atoms with Crippen LogP contribution in [0.5, 0.6) is 0 Å². The van der Waals surface area contributed by atoms with Gasteiger partial charge in [-0.25, -0.2) is 4.98 Å². The highest BCUT2D eigenvalue weighted by molar-refractivity contribution is 5.87. The van der Waals surface area contributed by atoms with Gasteiger partial charge in [-0.1, -0.05) is 0 Å². The zero-order valence-corrected chi connectivity index (χ0v) is 13.6. The molecule has 2 aliphatic heterocycles. The fourth-order valence-electron chi connectivity index (χ4n) is 3.18. The van der Waals surface area contributed by atoms with Gasteiger partial charge in [-0.05, 0) is 25.0 Å². The number of hydrogen-bond donors (Lipinski definition) is 1. The van der Waals surface area contributed by atoms with E-state index in [4.69, 9.17) is 0 Å². The summed E-state index contributed by atoms with van der Waals surface area (Å²) in [5, 5.41) is 2.68. The number of hydrogen-bond acceptors (Lipinski definition) is 4. The Labute approximate surface area is 143 Å². The molecule has 25 heavy (non-hydrogen) atoms. The number of amides is 2. The van der Waals surface area contributed by atoms with Gasteiger partial charge in [-0.2, -0.15) is 13.2 Å². The summed E-state index contributed by atoms with van der Waals surface area (Å²) in [6, 6.07) is 2.38. The van der Waals surface area contributed by atoms with Crippen molar-refractivity contribution in [1.82, 2.24) is 15.2 Å². The van der Waals surface area contributed by atoms with E-state index in [1.807, 2.05) is 4.90 Å². The summed E-state index contributed by atoms with van der Waals surface area (Å²) in [6.45, 7) is 2.19. The summed E-state index contributed by atoms with van der Waals surface area (Å²) >= 11 is 0. The Morgan fingerprint density at radius 3 is 2.48 bits per heavy atom. The molecule has 2 aliphatic rings. The molecular formula is C16H19F3N4O2. The number of nitrogens with one attached hydrogen (secondary N) is 1. The van der Waals surface area contributed by atoms with Gasteiger partial charge in [0.15, 0.2) is 0 Å². The second-order valence-corrected chi connectivity index (χ2v) is 6.27. The molecular weight excluding hydrogens is 337 g/mol. The quantitative estimate of drug-likeness (QED) is 0.867. The maximum absolute atomic E-state index is 12.6. The van der Waals surface area contributed by atoms with E-state index in [0.29, 0.717) is 44.8 Å². The minimum Gasteiger partial charge on any atom is -0.357 e. The molecule has 1 aromatic heterocycles. The van der Waals surface area contributed by atoms with Crippen molar-refractivity contribution in [3.8, 4) is 0 Å². The highest BCUT2D eigenvalue weighted by Crippen LogP contribution is 2.30. The van der Waals surface area contributed by atoms with E-state index in [1.165, 1.54) is 6.07 Å². The van der Waals surface area contributed by atoms with E-state index >= 15 is 0 Å². The van der Waals surface area contributed by atoms with Crippen molar-refractivity contribution in [2.45, 2.75) is 19.0 Å². The lowest BCUT2D eigenvalue weighted by Crippen LogP contribution is -2.52. The van der Waals surface area contributed by atoms with Gasteiger partial charge in [0.1, 0.15) is 5.82 Å². The molecule has 0 aromatic carbocycles. The van der Waals surface area contributed by atoms with Crippen LogP contribution in [0.1, 0.15) is 18.4 Å². The van der Waals surface area contributed by atoms with Gasteiger partial charge in [-0.3, -0.25) is 9.59 Å². The first-order valence-corrected chi connectivity index (χ1v) is 8.18. The highest BCUT2D eigenvalue weighted by atomic mass is 19.4. The summed E-state index contributed by atoms with van der Waals surface area (Å²) in [5.41, 5.74) is -0.773. The molecule has 136 valence electrons. The SMILES string of the molecule is O=C1CN(C(=O)C2CCN(c3ccc(C(F)(F)F)cn3)CC2)CCN1. The molecule has 1 aromatic rings. The molecule has 0 saturated carbocycles. The molecule has 6 nitrogen and oxygen atoms in total. The van der Waals surface area contributed by atoms with Gasteiger partial charge in [0.25, 0.3) is 0 Å². The molecule has 0 atom stereocenters. The van der Waals surface area contributed by atoms with Crippen LogP contribution in [-0.2, 0) is 15.8 Å². The van der Waals surface area contributed by atoms with Crippen LogP contribution in [0.3, 0.4) is 0 Å². The average molecular weight is 356 g/mol. The Bertz CT molecular complexity index is 640. The van der Waals surface area contributed by atoms with Gasteiger partial charge in [-0.15, -0.1) is 0 Å². The van der Waals surface area contributed by atoms with E-state index in [9.17, 15) is 22.8 Å². The van der Waals surface area contributed by atoms with Crippen LogP contribution in [0.15, 0.2) is 18.3 Å². The smallest absolute Gasteiger partial charge is 0.357 e. The van der Waals surface area contributed by atoms with Crippen LogP contribution in [0.25, 0.3) is 0 Å². The number of anilines is 1. The highest BCUT2D eigenvalue weighted by Gasteiger charge is 2.33. The topological polar surface area (TPSA) is 65.5 Å². The number of pyridine rings is 1. The number of carbonyl (C=O) groups excluding carboxylic acids is 2. The Balaban J connectivity index is 1.56. The third-order valence-electron chi connectivity index (χ3n) is 4.59. The first-order chi connectivity index (χ1) is 11.8. The number of alkyl halides is 3. The number of piperazine rings is 1. The van der Waals surface area contributed by atoms with Crippen LogP contribution >= 0.6 is 0 Å². The first kappa shape index (κ1) is 17.5. The zero-order chi connectivity index (χ0) is 18.0. The lowest BCUT2D eigenvalue weighted by atomic mass is 9.95. The fraction of sp³-hybridized carbons (Fsp3) is 0.562. The van der Waals surface area contributed by atoms with E-state index in [0.717, 1.165) is 12.3 Å². The summed E-state index contributed by atoms with van der Waals surface area (Å²) < 4.78 is 37.7. The molecule has 0 aliphatic carbocycles. The van der Waals surface area contributed by atoms with E-state index in [2.05, 4.69) is 10.3 Å². The lowest BCUT2D eigenvalue weighted by Gasteiger charge is -2.35. The van der Waals surface area contributed by atoms with Crippen LogP contribution in [0.4, 0.5) is 19.0 Å². The Kier molecular flexibility index (Phi) is 4.82. The van der Waals surface area contributed by atoms with Crippen molar-refractivity contribution in [3.05, 3.63) is 23.9 Å². The van der Waals surface area contributed by atoms with Crippen molar-refractivity contribution >= 4 is 17.6 Å². The molecule has 2 fully saturated rings. The summed E-state index contributed by atoms with van der Waals surface area (Å²) in [7, 11) is 0. The van der Waals surface area contributed by atoms with E-state index in [1.54, 1.807) is 4.90 Å². The number of piperidine rings is 1. The molecule has 1 N–H and O–H groups in total. The Hall–Kier alpha value is -2.32.